The number of nitrogens with one attached hydrogen (secondary N) is 1. The van der Waals surface area contributed by atoms with Crippen LogP contribution in [0.25, 0.3) is 0 Å². The molecule has 0 radical (unpaired) electrons. The molecule has 1 heterocycles. The summed E-state index contributed by atoms with van der Waals surface area (Å²) in [7, 11) is 0. The lowest BCUT2D eigenvalue weighted by Crippen LogP contribution is -2.39. The van der Waals surface area contributed by atoms with Crippen LogP contribution in [0.4, 0.5) is 14.5 Å². The van der Waals surface area contributed by atoms with E-state index in [1.165, 1.54) is 12.8 Å². The van der Waals surface area contributed by atoms with Gasteiger partial charge in [0, 0.05) is 23.2 Å². The first kappa shape index (κ1) is 17.9. The number of thiocarbonyl (C=S) groups is 1. The van der Waals surface area contributed by atoms with Crippen LogP contribution in [0.1, 0.15) is 40.0 Å². The molecule has 2 aliphatic rings. The molecule has 1 aliphatic carbocycles. The number of halogens is 2. The molecule has 2 bridgehead atoms. The Balaban J connectivity index is 1.65. The molecule has 1 aromatic carbocycles. The summed E-state index contributed by atoms with van der Waals surface area (Å²) in [4.78, 5) is 2.89. The third-order valence-electron chi connectivity index (χ3n) is 5.01. The fourth-order valence-corrected chi connectivity index (χ4v) is 5.44. The van der Waals surface area contributed by atoms with Crippen molar-refractivity contribution in [3.05, 3.63) is 24.3 Å². The van der Waals surface area contributed by atoms with Crippen molar-refractivity contribution in [2.75, 3.05) is 11.9 Å². The summed E-state index contributed by atoms with van der Waals surface area (Å²) < 4.78 is 24.8. The Bertz CT molecular complexity index is 618. The molecule has 2 nitrogen and oxygen atoms in total. The van der Waals surface area contributed by atoms with Crippen LogP contribution in [0.5, 0.6) is 0 Å². The Hall–Kier alpha value is -0.880. The largest absolute Gasteiger partial charge is 0.345 e. The molecule has 24 heavy (non-hydrogen) atoms. The number of likely N-dealkylation sites (tertiary alicyclic amines) is 1. The third-order valence-corrected chi connectivity index (χ3v) is 6.07. The van der Waals surface area contributed by atoms with Crippen LogP contribution in [0.2, 0.25) is 0 Å². The Morgan fingerprint density at radius 3 is 2.54 bits per heavy atom. The minimum atomic E-state index is -2.39. The molecule has 1 N–H and O–H groups in total. The predicted molar refractivity (Wildman–Crippen MR) is 101 cm³/mol. The summed E-state index contributed by atoms with van der Waals surface area (Å²) in [6, 6.07) is 7.52. The van der Waals surface area contributed by atoms with E-state index < -0.39 is 5.76 Å². The topological polar surface area (TPSA) is 15.3 Å². The Labute approximate surface area is 152 Å². The van der Waals surface area contributed by atoms with Crippen molar-refractivity contribution in [3.8, 4) is 0 Å². The fraction of sp³-hybridized carbons (Fsp3) is 0.611. The van der Waals surface area contributed by atoms with Gasteiger partial charge < -0.3 is 10.2 Å². The average Bonchev–Trinajstić information content (AvgIpc) is 2.69. The summed E-state index contributed by atoms with van der Waals surface area (Å²) in [5.74, 6) is -2.39. The molecule has 3 rings (SSSR count). The number of thioether (sulfide) groups is 1. The van der Waals surface area contributed by atoms with Gasteiger partial charge in [-0.3, -0.25) is 0 Å². The van der Waals surface area contributed by atoms with Crippen molar-refractivity contribution in [2.45, 2.75) is 56.7 Å². The van der Waals surface area contributed by atoms with Crippen LogP contribution in [0, 0.1) is 10.8 Å². The summed E-state index contributed by atoms with van der Waals surface area (Å²) in [5.41, 5.74) is 1.54. The van der Waals surface area contributed by atoms with Gasteiger partial charge >= 0.3 is 0 Å². The van der Waals surface area contributed by atoms with E-state index in [-0.39, 0.29) is 0 Å². The van der Waals surface area contributed by atoms with Crippen molar-refractivity contribution < 1.29 is 8.78 Å². The van der Waals surface area contributed by atoms with Gasteiger partial charge in [-0.2, -0.15) is 8.78 Å². The molecular weight excluding hydrogens is 346 g/mol. The molecule has 2 unspecified atom stereocenters. The number of benzene rings is 1. The highest BCUT2D eigenvalue weighted by Gasteiger charge is 2.50. The molecule has 6 heteroatoms. The Kier molecular flexibility index (Phi) is 4.82. The zero-order valence-electron chi connectivity index (χ0n) is 14.3. The van der Waals surface area contributed by atoms with E-state index in [0.717, 1.165) is 23.8 Å². The normalized spacial score (nSPS) is 28.2. The quantitative estimate of drug-likeness (QED) is 0.550. The van der Waals surface area contributed by atoms with Gasteiger partial charge in [0.05, 0.1) is 0 Å². The average molecular weight is 371 g/mol. The van der Waals surface area contributed by atoms with E-state index in [1.54, 1.807) is 12.1 Å². The van der Waals surface area contributed by atoms with Crippen molar-refractivity contribution in [1.82, 2.24) is 4.90 Å². The maximum Gasteiger partial charge on any atom is 0.288 e. The van der Waals surface area contributed by atoms with E-state index >= 15 is 0 Å². The number of rotatable bonds is 3. The number of hydrogen-bond acceptors (Lipinski definition) is 2. The zero-order valence-corrected chi connectivity index (χ0v) is 15.9. The first-order chi connectivity index (χ1) is 11.2. The summed E-state index contributed by atoms with van der Waals surface area (Å²) in [6.45, 7) is 8.04. The molecule has 0 amide bonds. The SMILES string of the molecule is CC1(C)CC2CC(C)(CN2C(=S)Nc2ccc(SC(F)F)cc2)C1. The van der Waals surface area contributed by atoms with Crippen LogP contribution in [0.15, 0.2) is 29.2 Å². The van der Waals surface area contributed by atoms with Crippen molar-refractivity contribution >= 4 is 34.8 Å². The van der Waals surface area contributed by atoms with Crippen LogP contribution >= 0.6 is 24.0 Å². The van der Waals surface area contributed by atoms with Gasteiger partial charge in [-0.05, 0) is 66.6 Å². The van der Waals surface area contributed by atoms with Gasteiger partial charge in [-0.1, -0.05) is 32.5 Å². The molecule has 1 saturated heterocycles. The standard InChI is InChI=1S/C18H24F2N2S2/c1-17(2)8-13-9-18(3,10-17)11-22(13)16(23)21-12-4-6-14(7-5-12)24-15(19)20/h4-7,13,15H,8-11H2,1-3H3,(H,21,23). The summed E-state index contributed by atoms with van der Waals surface area (Å²) in [6.07, 6.45) is 3.59. The van der Waals surface area contributed by atoms with Gasteiger partial charge in [0.15, 0.2) is 5.11 Å². The second-order valence-electron chi connectivity index (χ2n) is 8.17. The third kappa shape index (κ3) is 4.02. The van der Waals surface area contributed by atoms with E-state index in [9.17, 15) is 8.78 Å². The second-order valence-corrected chi connectivity index (χ2v) is 9.62. The van der Waals surface area contributed by atoms with E-state index in [0.29, 0.717) is 33.5 Å². The molecule has 132 valence electrons. The number of alkyl halides is 2. The number of fused-ring (bicyclic) bond motifs is 2. The van der Waals surface area contributed by atoms with Crippen LogP contribution in [-0.4, -0.2) is 28.4 Å². The van der Waals surface area contributed by atoms with E-state index in [1.807, 2.05) is 12.1 Å². The lowest BCUT2D eigenvalue weighted by molar-refractivity contribution is 0.132. The molecule has 1 aliphatic heterocycles. The van der Waals surface area contributed by atoms with Crippen LogP contribution in [-0.2, 0) is 0 Å². The lowest BCUT2D eigenvalue weighted by atomic mass is 9.65. The van der Waals surface area contributed by atoms with Gasteiger partial charge in [0.2, 0.25) is 0 Å². The first-order valence-electron chi connectivity index (χ1n) is 8.28. The number of hydrogen-bond donors (Lipinski definition) is 1. The summed E-state index contributed by atoms with van der Waals surface area (Å²) in [5, 5.41) is 4.03. The Morgan fingerprint density at radius 1 is 1.25 bits per heavy atom. The van der Waals surface area contributed by atoms with Crippen molar-refractivity contribution in [1.29, 1.82) is 0 Å². The van der Waals surface area contributed by atoms with Gasteiger partial charge in [-0.25, -0.2) is 0 Å². The molecule has 0 aromatic heterocycles. The van der Waals surface area contributed by atoms with Gasteiger partial charge in [-0.15, -0.1) is 0 Å². The molecule has 1 saturated carbocycles. The highest BCUT2D eigenvalue weighted by atomic mass is 32.2. The van der Waals surface area contributed by atoms with Crippen molar-refractivity contribution in [3.63, 3.8) is 0 Å². The van der Waals surface area contributed by atoms with Crippen LogP contribution in [0.3, 0.4) is 0 Å². The monoisotopic (exact) mass is 370 g/mol. The lowest BCUT2D eigenvalue weighted by Gasteiger charge is -2.39. The minimum absolute atomic E-state index is 0.329. The fourth-order valence-electron chi connectivity index (χ4n) is 4.61. The molecule has 0 spiro atoms. The van der Waals surface area contributed by atoms with Crippen molar-refractivity contribution in [2.24, 2.45) is 10.8 Å². The van der Waals surface area contributed by atoms with E-state index in [4.69, 9.17) is 12.2 Å². The highest BCUT2D eigenvalue weighted by molar-refractivity contribution is 7.99. The molecule has 2 fully saturated rings. The van der Waals surface area contributed by atoms with E-state index in [2.05, 4.69) is 31.0 Å². The van der Waals surface area contributed by atoms with Gasteiger partial charge in [0.25, 0.3) is 5.76 Å². The molecule has 2 atom stereocenters. The minimum Gasteiger partial charge on any atom is -0.345 e. The van der Waals surface area contributed by atoms with Gasteiger partial charge in [0.1, 0.15) is 0 Å². The second kappa shape index (κ2) is 6.45. The van der Waals surface area contributed by atoms with Crippen LogP contribution < -0.4 is 5.32 Å². The summed E-state index contributed by atoms with van der Waals surface area (Å²) >= 11 is 6.20. The maximum atomic E-state index is 12.4. The Morgan fingerprint density at radius 2 is 1.92 bits per heavy atom. The maximum absolute atomic E-state index is 12.4. The molecular formula is C18H24F2N2S2. The smallest absolute Gasteiger partial charge is 0.288 e. The zero-order chi connectivity index (χ0) is 17.5. The molecule has 1 aromatic rings. The predicted octanol–water partition coefficient (Wildman–Crippen LogP) is 5.60. The number of nitrogens with zero attached hydrogens (tertiary/aromatic N) is 1. The first-order valence-corrected chi connectivity index (χ1v) is 9.57. The number of anilines is 1. The highest BCUT2D eigenvalue weighted by Crippen LogP contribution is 2.52.